The highest BCUT2D eigenvalue weighted by Crippen LogP contribution is 2.28. The van der Waals surface area contributed by atoms with Crippen LogP contribution in [-0.2, 0) is 6.54 Å². The second kappa shape index (κ2) is 4.55. The summed E-state index contributed by atoms with van der Waals surface area (Å²) in [6.07, 6.45) is 9.15. The number of aromatic amines is 1. The second-order valence-electron chi connectivity index (χ2n) is 5.03. The van der Waals surface area contributed by atoms with Crippen molar-refractivity contribution in [1.29, 1.82) is 0 Å². The number of nitrogens with zero attached hydrogens (tertiary/aromatic N) is 2. The van der Waals surface area contributed by atoms with Crippen molar-refractivity contribution in [1.82, 2.24) is 20.2 Å². The summed E-state index contributed by atoms with van der Waals surface area (Å²) >= 11 is 0. The number of hydrogen-bond donors (Lipinski definition) is 2. The third-order valence-corrected chi connectivity index (χ3v) is 3.61. The van der Waals surface area contributed by atoms with Gasteiger partial charge in [0.05, 0.1) is 6.33 Å². The van der Waals surface area contributed by atoms with Crippen LogP contribution in [0.3, 0.4) is 0 Å². The fraction of sp³-hybridized carbons (Fsp3) is 0.750. The van der Waals surface area contributed by atoms with E-state index in [4.69, 9.17) is 0 Å². The van der Waals surface area contributed by atoms with Gasteiger partial charge in [0.15, 0.2) is 0 Å². The SMILES string of the molecule is c1ncc(CN(CC2CCCN2)C2CC2)[nH]1. The van der Waals surface area contributed by atoms with Gasteiger partial charge in [0, 0.05) is 37.1 Å². The van der Waals surface area contributed by atoms with Crippen LogP contribution in [0.15, 0.2) is 12.5 Å². The predicted molar refractivity (Wildman–Crippen MR) is 63.0 cm³/mol. The topological polar surface area (TPSA) is 44.0 Å². The number of imidazole rings is 1. The molecule has 1 aromatic heterocycles. The molecule has 1 aliphatic carbocycles. The Morgan fingerprint density at radius 1 is 1.38 bits per heavy atom. The van der Waals surface area contributed by atoms with Gasteiger partial charge >= 0.3 is 0 Å². The zero-order chi connectivity index (χ0) is 10.8. The summed E-state index contributed by atoms with van der Waals surface area (Å²) < 4.78 is 0. The van der Waals surface area contributed by atoms with Crippen LogP contribution in [0.2, 0.25) is 0 Å². The van der Waals surface area contributed by atoms with E-state index in [1.165, 1.54) is 44.5 Å². The van der Waals surface area contributed by atoms with E-state index in [2.05, 4.69) is 20.2 Å². The summed E-state index contributed by atoms with van der Waals surface area (Å²) in [4.78, 5) is 9.90. The lowest BCUT2D eigenvalue weighted by atomic mass is 10.2. The molecular weight excluding hydrogens is 200 g/mol. The average Bonchev–Trinajstić information content (AvgIpc) is 2.79. The van der Waals surface area contributed by atoms with E-state index in [9.17, 15) is 0 Å². The predicted octanol–water partition coefficient (Wildman–Crippen LogP) is 1.13. The van der Waals surface area contributed by atoms with Gasteiger partial charge in [-0.05, 0) is 32.2 Å². The molecule has 0 amide bonds. The largest absolute Gasteiger partial charge is 0.347 e. The molecule has 4 nitrogen and oxygen atoms in total. The number of H-pyrrole nitrogens is 1. The van der Waals surface area contributed by atoms with E-state index in [0.29, 0.717) is 6.04 Å². The molecule has 1 unspecified atom stereocenters. The number of aromatic nitrogens is 2. The molecule has 0 spiro atoms. The smallest absolute Gasteiger partial charge is 0.0922 e. The maximum Gasteiger partial charge on any atom is 0.0922 e. The highest BCUT2D eigenvalue weighted by Gasteiger charge is 2.31. The van der Waals surface area contributed by atoms with Gasteiger partial charge in [-0.1, -0.05) is 0 Å². The highest BCUT2D eigenvalue weighted by atomic mass is 15.2. The van der Waals surface area contributed by atoms with Crippen molar-refractivity contribution in [2.75, 3.05) is 13.1 Å². The molecule has 1 saturated carbocycles. The summed E-state index contributed by atoms with van der Waals surface area (Å²) in [5.41, 5.74) is 1.24. The van der Waals surface area contributed by atoms with E-state index >= 15 is 0 Å². The molecule has 1 atom stereocenters. The van der Waals surface area contributed by atoms with Gasteiger partial charge < -0.3 is 10.3 Å². The zero-order valence-corrected chi connectivity index (χ0v) is 9.65. The van der Waals surface area contributed by atoms with E-state index < -0.39 is 0 Å². The maximum atomic E-state index is 4.09. The van der Waals surface area contributed by atoms with E-state index in [-0.39, 0.29) is 0 Å². The van der Waals surface area contributed by atoms with Crippen LogP contribution in [0.4, 0.5) is 0 Å². The third-order valence-electron chi connectivity index (χ3n) is 3.61. The molecule has 0 radical (unpaired) electrons. The van der Waals surface area contributed by atoms with Crippen LogP contribution >= 0.6 is 0 Å². The molecule has 1 aromatic rings. The van der Waals surface area contributed by atoms with Gasteiger partial charge in [-0.2, -0.15) is 0 Å². The van der Waals surface area contributed by atoms with Gasteiger partial charge in [-0.15, -0.1) is 0 Å². The van der Waals surface area contributed by atoms with Gasteiger partial charge in [-0.25, -0.2) is 4.98 Å². The minimum atomic E-state index is 0.712. The first kappa shape index (κ1) is 10.3. The second-order valence-corrected chi connectivity index (χ2v) is 5.03. The Balaban J connectivity index is 1.57. The quantitative estimate of drug-likeness (QED) is 0.781. The minimum Gasteiger partial charge on any atom is -0.347 e. The van der Waals surface area contributed by atoms with Crippen LogP contribution in [0.5, 0.6) is 0 Å². The first-order valence-electron chi connectivity index (χ1n) is 6.36. The van der Waals surface area contributed by atoms with Gasteiger partial charge in [-0.3, -0.25) is 4.90 Å². The van der Waals surface area contributed by atoms with Crippen molar-refractivity contribution in [3.63, 3.8) is 0 Å². The average molecular weight is 220 g/mol. The molecule has 1 saturated heterocycles. The molecule has 0 aromatic carbocycles. The van der Waals surface area contributed by atoms with Crippen LogP contribution < -0.4 is 5.32 Å². The molecule has 2 fully saturated rings. The van der Waals surface area contributed by atoms with Crippen LogP contribution in [0.25, 0.3) is 0 Å². The molecule has 3 rings (SSSR count). The molecule has 2 aliphatic rings. The molecular formula is C12H20N4. The Bertz CT molecular complexity index is 312. The summed E-state index contributed by atoms with van der Waals surface area (Å²) in [5.74, 6) is 0. The molecule has 4 heteroatoms. The van der Waals surface area contributed by atoms with Crippen LogP contribution in [-0.4, -0.2) is 40.0 Å². The first-order chi connectivity index (χ1) is 7.92. The van der Waals surface area contributed by atoms with Crippen molar-refractivity contribution >= 4 is 0 Å². The lowest BCUT2D eigenvalue weighted by molar-refractivity contribution is 0.229. The van der Waals surface area contributed by atoms with E-state index in [1.54, 1.807) is 6.33 Å². The van der Waals surface area contributed by atoms with E-state index in [0.717, 1.165) is 12.6 Å². The lowest BCUT2D eigenvalue weighted by Crippen LogP contribution is -2.38. The Hall–Kier alpha value is -0.870. The number of rotatable bonds is 5. The van der Waals surface area contributed by atoms with Gasteiger partial charge in [0.25, 0.3) is 0 Å². The Labute approximate surface area is 96.4 Å². The van der Waals surface area contributed by atoms with Crippen molar-refractivity contribution < 1.29 is 0 Å². The molecule has 2 heterocycles. The zero-order valence-electron chi connectivity index (χ0n) is 9.65. The van der Waals surface area contributed by atoms with E-state index in [1.807, 2.05) is 6.20 Å². The standard InChI is InChI=1S/C12H20N4/c1-2-10(14-5-1)7-16(12-3-4-12)8-11-6-13-9-15-11/h6,9-10,12,14H,1-5,7-8H2,(H,13,15). The maximum absolute atomic E-state index is 4.09. The number of nitrogens with one attached hydrogen (secondary N) is 2. The monoisotopic (exact) mass is 220 g/mol. The van der Waals surface area contributed by atoms with Gasteiger partial charge in [0.2, 0.25) is 0 Å². The van der Waals surface area contributed by atoms with Crippen LogP contribution in [0, 0.1) is 0 Å². The molecule has 0 bridgehead atoms. The van der Waals surface area contributed by atoms with Crippen molar-refractivity contribution in [2.24, 2.45) is 0 Å². The Morgan fingerprint density at radius 3 is 2.94 bits per heavy atom. The first-order valence-corrected chi connectivity index (χ1v) is 6.36. The minimum absolute atomic E-state index is 0.712. The fourth-order valence-electron chi connectivity index (χ4n) is 2.57. The number of hydrogen-bond acceptors (Lipinski definition) is 3. The summed E-state index contributed by atoms with van der Waals surface area (Å²) in [6, 6.07) is 1.54. The molecule has 88 valence electrons. The van der Waals surface area contributed by atoms with Crippen molar-refractivity contribution in [3.05, 3.63) is 18.2 Å². The summed E-state index contributed by atoms with van der Waals surface area (Å²) in [6.45, 7) is 3.43. The lowest BCUT2D eigenvalue weighted by Gasteiger charge is -2.24. The van der Waals surface area contributed by atoms with Crippen LogP contribution in [0.1, 0.15) is 31.4 Å². The summed E-state index contributed by atoms with van der Waals surface area (Å²) in [5, 5.41) is 3.58. The van der Waals surface area contributed by atoms with Gasteiger partial charge in [0.1, 0.15) is 0 Å². The Morgan fingerprint density at radius 2 is 2.31 bits per heavy atom. The fourth-order valence-corrected chi connectivity index (χ4v) is 2.57. The molecule has 1 aliphatic heterocycles. The van der Waals surface area contributed by atoms with Crippen molar-refractivity contribution in [3.8, 4) is 0 Å². The molecule has 2 N–H and O–H groups in total. The highest BCUT2D eigenvalue weighted by molar-refractivity contribution is 4.98. The normalized spacial score (nSPS) is 25.4. The molecule has 16 heavy (non-hydrogen) atoms. The Kier molecular flexibility index (Phi) is 2.93. The summed E-state index contributed by atoms with van der Waals surface area (Å²) in [7, 11) is 0. The third kappa shape index (κ3) is 2.44. The van der Waals surface area contributed by atoms with Crippen molar-refractivity contribution in [2.45, 2.75) is 44.3 Å².